The van der Waals surface area contributed by atoms with Gasteiger partial charge in [-0.15, -0.1) is 0 Å². The van der Waals surface area contributed by atoms with Gasteiger partial charge < -0.3 is 9.30 Å². The second kappa shape index (κ2) is 11.2. The molecule has 206 valence electrons. The van der Waals surface area contributed by atoms with Crippen LogP contribution in [0.25, 0.3) is 17.0 Å². The first-order valence-corrected chi connectivity index (χ1v) is 14.7. The third kappa shape index (κ3) is 5.05. The summed E-state index contributed by atoms with van der Waals surface area (Å²) < 4.78 is 9.63. The van der Waals surface area contributed by atoms with Gasteiger partial charge in [-0.1, -0.05) is 89.1 Å². The van der Waals surface area contributed by atoms with Crippen molar-refractivity contribution in [2.24, 2.45) is 4.99 Å². The smallest absolute Gasteiger partial charge is 0.338 e. The molecule has 0 N–H and O–H groups in total. The molecule has 9 heteroatoms. The van der Waals surface area contributed by atoms with Crippen LogP contribution in [0.15, 0.2) is 100 Å². The first-order valence-electron chi connectivity index (χ1n) is 13.1. The van der Waals surface area contributed by atoms with E-state index in [1.165, 1.54) is 11.3 Å². The normalized spacial score (nSPS) is 15.2. The second-order valence-electron chi connectivity index (χ2n) is 9.68. The summed E-state index contributed by atoms with van der Waals surface area (Å²) in [4.78, 5) is 32.3. The fourth-order valence-electron chi connectivity index (χ4n) is 5.24. The number of allylic oxidation sites excluding steroid dienone is 1. The standard InChI is InChI=1S/C32H25Cl2N3O3S/c1-3-40-31(39)28-19(2)35-32-37(29(28)20-9-5-4-6-10-20)30(38)27(41-32)15-22-18-36(26-12-8-7-11-24(22)26)17-21-13-14-23(33)16-25(21)34/h4-16,18,29H,3,17H2,1-2H3. The first kappa shape index (κ1) is 27.3. The molecule has 0 spiro atoms. The maximum Gasteiger partial charge on any atom is 0.338 e. The van der Waals surface area contributed by atoms with Gasteiger partial charge in [0.1, 0.15) is 0 Å². The summed E-state index contributed by atoms with van der Waals surface area (Å²) >= 11 is 13.9. The minimum absolute atomic E-state index is 0.213. The Balaban J connectivity index is 1.51. The largest absolute Gasteiger partial charge is 0.463 e. The Morgan fingerprint density at radius 3 is 2.59 bits per heavy atom. The molecule has 2 aromatic heterocycles. The van der Waals surface area contributed by atoms with Crippen LogP contribution in [-0.4, -0.2) is 21.7 Å². The van der Waals surface area contributed by atoms with Gasteiger partial charge in [-0.3, -0.25) is 9.36 Å². The molecule has 0 bridgehead atoms. The highest BCUT2D eigenvalue weighted by Crippen LogP contribution is 2.31. The Kier molecular flexibility index (Phi) is 7.43. The Hall–Kier alpha value is -3.91. The van der Waals surface area contributed by atoms with Crippen molar-refractivity contribution in [3.8, 4) is 0 Å². The number of para-hydroxylation sites is 1. The lowest BCUT2D eigenvalue weighted by Gasteiger charge is -2.24. The Morgan fingerprint density at radius 1 is 1.07 bits per heavy atom. The number of carbonyl (C=O) groups is 1. The molecule has 1 aliphatic heterocycles. The predicted molar refractivity (Wildman–Crippen MR) is 164 cm³/mol. The van der Waals surface area contributed by atoms with E-state index in [1.807, 2.05) is 79.0 Å². The topological polar surface area (TPSA) is 65.6 Å². The van der Waals surface area contributed by atoms with Gasteiger partial charge in [0.05, 0.1) is 28.5 Å². The SMILES string of the molecule is CCOC(=O)C1=C(C)N=c2sc(=Cc3cn(Cc4ccc(Cl)cc4Cl)c4ccccc34)c(=O)n2C1c1ccccc1. The molecule has 1 atom stereocenters. The maximum absolute atomic E-state index is 14.0. The van der Waals surface area contributed by atoms with Crippen LogP contribution in [0.4, 0.5) is 0 Å². The second-order valence-corrected chi connectivity index (χ2v) is 11.5. The number of rotatable bonds is 6. The molecule has 6 nitrogen and oxygen atoms in total. The number of hydrogen-bond donors (Lipinski definition) is 0. The summed E-state index contributed by atoms with van der Waals surface area (Å²) in [5.41, 5.74) is 4.36. The number of halogens is 2. The van der Waals surface area contributed by atoms with Crippen LogP contribution in [0.5, 0.6) is 0 Å². The first-order chi connectivity index (χ1) is 19.9. The number of hydrogen-bond acceptors (Lipinski definition) is 5. The number of nitrogens with zero attached hydrogens (tertiary/aromatic N) is 3. The number of ether oxygens (including phenoxy) is 1. The molecule has 5 aromatic rings. The summed E-state index contributed by atoms with van der Waals surface area (Å²) in [6.45, 7) is 4.32. The van der Waals surface area contributed by atoms with Crippen molar-refractivity contribution in [2.75, 3.05) is 6.61 Å². The highest BCUT2D eigenvalue weighted by atomic mass is 35.5. The van der Waals surface area contributed by atoms with Gasteiger partial charge in [0.2, 0.25) is 0 Å². The van der Waals surface area contributed by atoms with Crippen molar-refractivity contribution in [3.05, 3.63) is 137 Å². The molecule has 0 aliphatic carbocycles. The molecule has 1 unspecified atom stereocenters. The Labute approximate surface area is 250 Å². The molecular formula is C32H25Cl2N3O3S. The zero-order valence-corrected chi connectivity index (χ0v) is 24.6. The number of benzene rings is 3. The van der Waals surface area contributed by atoms with E-state index in [2.05, 4.69) is 9.56 Å². The minimum atomic E-state index is -0.637. The quantitative estimate of drug-likeness (QED) is 0.221. The van der Waals surface area contributed by atoms with Crippen LogP contribution >= 0.6 is 34.5 Å². The van der Waals surface area contributed by atoms with Crippen molar-refractivity contribution >= 4 is 57.5 Å². The van der Waals surface area contributed by atoms with Gasteiger partial charge in [-0.05, 0) is 49.2 Å². The van der Waals surface area contributed by atoms with Gasteiger partial charge in [0, 0.05) is 39.3 Å². The maximum atomic E-state index is 14.0. The van der Waals surface area contributed by atoms with Gasteiger partial charge in [0.25, 0.3) is 5.56 Å². The van der Waals surface area contributed by atoms with Crippen molar-refractivity contribution < 1.29 is 9.53 Å². The predicted octanol–water partition coefficient (Wildman–Crippen LogP) is 6.11. The summed E-state index contributed by atoms with van der Waals surface area (Å²) in [6.07, 6.45) is 3.93. The van der Waals surface area contributed by atoms with E-state index in [-0.39, 0.29) is 12.2 Å². The molecule has 0 saturated heterocycles. The highest BCUT2D eigenvalue weighted by molar-refractivity contribution is 7.07. The van der Waals surface area contributed by atoms with Crippen molar-refractivity contribution in [1.29, 1.82) is 0 Å². The number of aromatic nitrogens is 2. The molecule has 1 aliphatic rings. The van der Waals surface area contributed by atoms with E-state index < -0.39 is 12.0 Å². The molecule has 41 heavy (non-hydrogen) atoms. The van der Waals surface area contributed by atoms with Crippen molar-refractivity contribution in [3.63, 3.8) is 0 Å². The zero-order chi connectivity index (χ0) is 28.7. The summed E-state index contributed by atoms with van der Waals surface area (Å²) in [5.74, 6) is -0.471. The zero-order valence-electron chi connectivity index (χ0n) is 22.3. The lowest BCUT2D eigenvalue weighted by molar-refractivity contribution is -0.139. The van der Waals surface area contributed by atoms with Gasteiger partial charge in [0.15, 0.2) is 4.80 Å². The van der Waals surface area contributed by atoms with E-state index in [0.29, 0.717) is 37.2 Å². The van der Waals surface area contributed by atoms with Crippen LogP contribution in [0.3, 0.4) is 0 Å². The molecule has 6 rings (SSSR count). The summed E-state index contributed by atoms with van der Waals surface area (Å²) in [6, 6.07) is 22.4. The van der Waals surface area contributed by atoms with Crippen LogP contribution in [-0.2, 0) is 16.1 Å². The molecule has 3 heterocycles. The monoisotopic (exact) mass is 601 g/mol. The third-order valence-corrected chi connectivity index (χ3v) is 8.66. The lowest BCUT2D eigenvalue weighted by atomic mass is 9.96. The number of thiazole rings is 1. The third-order valence-electron chi connectivity index (χ3n) is 7.09. The van der Waals surface area contributed by atoms with E-state index in [9.17, 15) is 9.59 Å². The van der Waals surface area contributed by atoms with Crippen molar-refractivity contribution in [1.82, 2.24) is 9.13 Å². The van der Waals surface area contributed by atoms with Crippen molar-refractivity contribution in [2.45, 2.75) is 26.4 Å². The van der Waals surface area contributed by atoms with E-state index in [1.54, 1.807) is 24.5 Å². The van der Waals surface area contributed by atoms with Crippen LogP contribution in [0, 0.1) is 0 Å². The van der Waals surface area contributed by atoms with Gasteiger partial charge in [-0.25, -0.2) is 9.79 Å². The number of esters is 1. The average molecular weight is 603 g/mol. The highest BCUT2D eigenvalue weighted by Gasteiger charge is 2.33. The number of carbonyl (C=O) groups excluding carboxylic acids is 1. The van der Waals surface area contributed by atoms with E-state index in [0.717, 1.165) is 27.6 Å². The van der Waals surface area contributed by atoms with Crippen LogP contribution in [0.1, 0.15) is 36.6 Å². The molecule has 0 radical (unpaired) electrons. The number of fused-ring (bicyclic) bond motifs is 2. The van der Waals surface area contributed by atoms with Crippen LogP contribution < -0.4 is 14.9 Å². The fraction of sp³-hybridized carbons (Fsp3) is 0.156. The Bertz CT molecular complexity index is 2020. The fourth-order valence-corrected chi connectivity index (χ4v) is 6.74. The molecular weight excluding hydrogens is 577 g/mol. The van der Waals surface area contributed by atoms with Gasteiger partial charge in [-0.2, -0.15) is 0 Å². The summed E-state index contributed by atoms with van der Waals surface area (Å²) in [5, 5.41) is 2.19. The van der Waals surface area contributed by atoms with Gasteiger partial charge >= 0.3 is 5.97 Å². The Morgan fingerprint density at radius 2 is 1.83 bits per heavy atom. The molecule has 3 aromatic carbocycles. The average Bonchev–Trinajstić information content (AvgIpc) is 3.46. The molecule has 0 amide bonds. The molecule has 0 fully saturated rings. The molecule has 0 saturated carbocycles. The summed E-state index contributed by atoms with van der Waals surface area (Å²) in [7, 11) is 0. The minimum Gasteiger partial charge on any atom is -0.463 e. The van der Waals surface area contributed by atoms with E-state index >= 15 is 0 Å². The van der Waals surface area contributed by atoms with Crippen LogP contribution in [0.2, 0.25) is 10.0 Å². The van der Waals surface area contributed by atoms with E-state index in [4.69, 9.17) is 27.9 Å². The lowest BCUT2D eigenvalue weighted by Crippen LogP contribution is -2.39.